The number of esters is 1. The Bertz CT molecular complexity index is 817. The van der Waals surface area contributed by atoms with Crippen molar-refractivity contribution in [1.82, 2.24) is 0 Å². The molecule has 0 saturated heterocycles. The van der Waals surface area contributed by atoms with Crippen molar-refractivity contribution in [2.45, 2.75) is 18.9 Å². The summed E-state index contributed by atoms with van der Waals surface area (Å²) < 4.78 is 17.0. The van der Waals surface area contributed by atoms with Gasteiger partial charge in [-0.3, -0.25) is 10.1 Å². The molecule has 2 rings (SSSR count). The quantitative estimate of drug-likeness (QED) is 0.242. The molecule has 0 aliphatic carbocycles. The molecule has 0 heterocycles. The van der Waals surface area contributed by atoms with Crippen molar-refractivity contribution in [2.24, 2.45) is 0 Å². The van der Waals surface area contributed by atoms with Gasteiger partial charge in [0.1, 0.15) is 18.5 Å². The number of carbonyl (C=O) groups is 2. The van der Waals surface area contributed by atoms with Gasteiger partial charge in [0.2, 0.25) is 0 Å². The molecule has 30 heavy (non-hydrogen) atoms. The van der Waals surface area contributed by atoms with E-state index in [1.807, 2.05) is 18.2 Å². The summed E-state index contributed by atoms with van der Waals surface area (Å²) in [6.07, 6.45) is -0.238. The van der Waals surface area contributed by atoms with E-state index in [-0.39, 0.29) is 25.6 Å². The van der Waals surface area contributed by atoms with E-state index in [2.05, 4.69) is 33.9 Å². The van der Waals surface area contributed by atoms with Gasteiger partial charge in [-0.2, -0.15) is 12.6 Å². The zero-order valence-electron chi connectivity index (χ0n) is 16.3. The smallest absolute Gasteiger partial charge is 0.412 e. The highest BCUT2D eigenvalue weighted by Crippen LogP contribution is 2.27. The van der Waals surface area contributed by atoms with Crippen molar-refractivity contribution in [2.75, 3.05) is 30.9 Å². The predicted molar refractivity (Wildman–Crippen MR) is 120 cm³/mol. The fraction of sp³-hybridized carbons (Fsp3) is 0.333. The van der Waals surface area contributed by atoms with Crippen LogP contribution in [0.25, 0.3) is 0 Å². The van der Waals surface area contributed by atoms with Gasteiger partial charge in [0.15, 0.2) is 0 Å². The minimum absolute atomic E-state index is 0.0137. The van der Waals surface area contributed by atoms with Crippen LogP contribution in [0.5, 0.6) is 5.75 Å². The molecule has 0 saturated carbocycles. The Morgan fingerprint density at radius 2 is 1.90 bits per heavy atom. The van der Waals surface area contributed by atoms with E-state index in [0.29, 0.717) is 24.3 Å². The van der Waals surface area contributed by atoms with Gasteiger partial charge in [-0.05, 0) is 54.8 Å². The molecule has 9 heteroatoms. The van der Waals surface area contributed by atoms with E-state index in [9.17, 15) is 9.59 Å². The van der Waals surface area contributed by atoms with E-state index in [1.54, 1.807) is 30.3 Å². The van der Waals surface area contributed by atoms with Gasteiger partial charge < -0.3 is 19.3 Å². The maximum Gasteiger partial charge on any atom is 0.412 e. The molecule has 0 aromatic heterocycles. The van der Waals surface area contributed by atoms with Crippen molar-refractivity contribution in [3.8, 4) is 5.75 Å². The third kappa shape index (κ3) is 8.64. The summed E-state index contributed by atoms with van der Waals surface area (Å²) in [5.74, 6) is 0.174. The fourth-order valence-electron chi connectivity index (χ4n) is 2.57. The number of carbonyl (C=O) groups excluding carboxylic acids is 2. The molecule has 0 radical (unpaired) electrons. The molecule has 7 nitrogen and oxygen atoms in total. The first-order chi connectivity index (χ1) is 14.5. The van der Waals surface area contributed by atoms with Crippen molar-refractivity contribution in [1.29, 1.82) is 0 Å². The number of halogens is 1. The van der Waals surface area contributed by atoms with Crippen LogP contribution in [0.2, 0.25) is 0 Å². The maximum atomic E-state index is 12.4. The SMILES string of the molecule is O=C(CS)OCCC[C@@H](OC(=O)Nc1ccc(Br)cc1)c1cccc(OCCO)c1. The normalized spacial score (nSPS) is 11.4. The molecule has 0 aliphatic heterocycles. The molecule has 2 aromatic rings. The van der Waals surface area contributed by atoms with Gasteiger partial charge in [0.25, 0.3) is 0 Å². The number of ether oxygens (including phenoxy) is 3. The van der Waals surface area contributed by atoms with Crippen molar-refractivity contribution in [3.63, 3.8) is 0 Å². The number of thiol groups is 1. The fourth-order valence-corrected chi connectivity index (χ4v) is 2.93. The predicted octanol–water partition coefficient (Wildman–Crippen LogP) is 4.36. The van der Waals surface area contributed by atoms with Gasteiger partial charge >= 0.3 is 12.1 Å². The molecule has 0 spiro atoms. The molecular weight excluding hydrogens is 474 g/mol. The van der Waals surface area contributed by atoms with Crippen LogP contribution >= 0.6 is 28.6 Å². The first kappa shape index (κ1) is 24.0. The van der Waals surface area contributed by atoms with Gasteiger partial charge in [0, 0.05) is 10.2 Å². The minimum Gasteiger partial charge on any atom is -0.491 e. The monoisotopic (exact) mass is 497 g/mol. The second kappa shape index (κ2) is 13.1. The first-order valence-electron chi connectivity index (χ1n) is 9.35. The lowest BCUT2D eigenvalue weighted by molar-refractivity contribution is -0.140. The number of aliphatic hydroxyl groups is 1. The van der Waals surface area contributed by atoms with Crippen molar-refractivity contribution in [3.05, 3.63) is 58.6 Å². The highest BCUT2D eigenvalue weighted by molar-refractivity contribution is 9.10. The van der Waals surface area contributed by atoms with E-state index in [1.165, 1.54) is 0 Å². The number of hydrogen-bond acceptors (Lipinski definition) is 7. The lowest BCUT2D eigenvalue weighted by atomic mass is 10.0. The molecule has 2 aromatic carbocycles. The summed E-state index contributed by atoms with van der Waals surface area (Å²) in [4.78, 5) is 23.7. The summed E-state index contributed by atoms with van der Waals surface area (Å²) in [7, 11) is 0. The number of amides is 1. The molecular formula is C21H24BrNO6S. The summed E-state index contributed by atoms with van der Waals surface area (Å²) >= 11 is 7.21. The Hall–Kier alpha value is -2.23. The van der Waals surface area contributed by atoms with Crippen LogP contribution in [-0.4, -0.2) is 42.7 Å². The number of aliphatic hydroxyl groups excluding tert-OH is 1. The average molecular weight is 498 g/mol. The van der Waals surface area contributed by atoms with Crippen LogP contribution in [-0.2, 0) is 14.3 Å². The Labute approximate surface area is 189 Å². The molecule has 1 amide bonds. The standard InChI is InChI=1S/C21H24BrNO6S/c22-16-6-8-17(9-7-16)23-21(26)29-19(5-2-11-28-20(25)14-30)15-3-1-4-18(13-15)27-12-10-24/h1,3-4,6-9,13,19,24,30H,2,5,10-12,14H2,(H,23,26)/t19-/m1/s1. The average Bonchev–Trinajstić information content (AvgIpc) is 2.76. The van der Waals surface area contributed by atoms with Crippen LogP contribution in [0, 0.1) is 0 Å². The van der Waals surface area contributed by atoms with Gasteiger partial charge in [-0.15, -0.1) is 0 Å². The molecule has 0 aliphatic rings. The Kier molecular flexibility index (Phi) is 10.5. The topological polar surface area (TPSA) is 94.1 Å². The van der Waals surface area contributed by atoms with Crippen LogP contribution in [0.3, 0.4) is 0 Å². The zero-order chi connectivity index (χ0) is 21.8. The lowest BCUT2D eigenvalue weighted by Crippen LogP contribution is -2.18. The van der Waals surface area contributed by atoms with Crippen LogP contribution in [0.15, 0.2) is 53.0 Å². The number of benzene rings is 2. The van der Waals surface area contributed by atoms with E-state index in [0.717, 1.165) is 10.0 Å². The van der Waals surface area contributed by atoms with Gasteiger partial charge in [0.05, 0.1) is 19.0 Å². The Morgan fingerprint density at radius 3 is 2.60 bits per heavy atom. The second-order valence-electron chi connectivity index (χ2n) is 6.19. The molecule has 162 valence electrons. The summed E-state index contributed by atoms with van der Waals surface area (Å²) in [6, 6.07) is 14.2. The van der Waals surface area contributed by atoms with Gasteiger partial charge in [-0.1, -0.05) is 28.1 Å². The molecule has 0 unspecified atom stereocenters. The van der Waals surface area contributed by atoms with Crippen molar-refractivity contribution < 1.29 is 28.9 Å². The van der Waals surface area contributed by atoms with Crippen LogP contribution in [0.4, 0.5) is 10.5 Å². The Balaban J connectivity index is 2.05. The maximum absolute atomic E-state index is 12.4. The highest BCUT2D eigenvalue weighted by Gasteiger charge is 2.18. The summed E-state index contributed by atoms with van der Waals surface area (Å²) in [5.41, 5.74) is 1.33. The van der Waals surface area contributed by atoms with E-state index in [4.69, 9.17) is 19.3 Å². The zero-order valence-corrected chi connectivity index (χ0v) is 18.7. The number of rotatable bonds is 11. The first-order valence-corrected chi connectivity index (χ1v) is 10.8. The lowest BCUT2D eigenvalue weighted by Gasteiger charge is -2.19. The third-order valence-electron chi connectivity index (χ3n) is 3.93. The number of nitrogens with one attached hydrogen (secondary N) is 1. The largest absolute Gasteiger partial charge is 0.491 e. The minimum atomic E-state index is -0.601. The number of anilines is 1. The third-order valence-corrected chi connectivity index (χ3v) is 4.72. The van der Waals surface area contributed by atoms with Crippen LogP contribution < -0.4 is 10.1 Å². The van der Waals surface area contributed by atoms with Gasteiger partial charge in [-0.25, -0.2) is 4.79 Å². The molecule has 0 bridgehead atoms. The summed E-state index contributed by atoms with van der Waals surface area (Å²) in [5, 5.41) is 11.6. The second-order valence-corrected chi connectivity index (χ2v) is 7.42. The van der Waals surface area contributed by atoms with Crippen LogP contribution in [0.1, 0.15) is 24.5 Å². The molecule has 2 N–H and O–H groups in total. The van der Waals surface area contributed by atoms with Crippen molar-refractivity contribution >= 4 is 46.3 Å². The summed E-state index contributed by atoms with van der Waals surface area (Å²) in [6.45, 7) is 0.267. The molecule has 1 atom stereocenters. The Morgan fingerprint density at radius 1 is 1.13 bits per heavy atom. The highest BCUT2D eigenvalue weighted by atomic mass is 79.9. The van der Waals surface area contributed by atoms with E-state index >= 15 is 0 Å². The molecule has 0 fully saturated rings. The number of hydrogen-bond donors (Lipinski definition) is 3. The van der Waals surface area contributed by atoms with E-state index < -0.39 is 18.2 Å².